The second kappa shape index (κ2) is 6.89. The van der Waals surface area contributed by atoms with E-state index in [-0.39, 0.29) is 28.2 Å². The largest absolute Gasteiger partial charge is 0.368 e. The number of aromatic amines is 2. The first-order valence-electron chi connectivity index (χ1n) is 8.08. The Kier molecular flexibility index (Phi) is 4.62. The van der Waals surface area contributed by atoms with Gasteiger partial charge in [0.25, 0.3) is 5.91 Å². The zero-order valence-corrected chi connectivity index (χ0v) is 16.7. The van der Waals surface area contributed by atoms with Crippen molar-refractivity contribution < 1.29 is 17.9 Å². The maximum absolute atomic E-state index is 12.8. The molecule has 0 aliphatic carbocycles. The summed E-state index contributed by atoms with van der Waals surface area (Å²) in [6.07, 6.45) is -1.10. The number of amides is 1. The highest BCUT2D eigenvalue weighted by Crippen LogP contribution is 2.42. The van der Waals surface area contributed by atoms with Crippen LogP contribution in [0.5, 0.6) is 0 Å². The number of H-pyrrole nitrogens is 2. The molecule has 2 aliphatic heterocycles. The van der Waals surface area contributed by atoms with Crippen LogP contribution in [0.15, 0.2) is 20.3 Å². The van der Waals surface area contributed by atoms with Gasteiger partial charge >= 0.3 is 11.1 Å². The molecular weight excluding hydrogens is 428 g/mol. The summed E-state index contributed by atoms with van der Waals surface area (Å²) in [6, 6.07) is 0. The number of rotatable bonds is 5. The van der Waals surface area contributed by atoms with E-state index >= 15 is 0 Å². The molecule has 14 nitrogen and oxygen atoms in total. The quantitative estimate of drug-likeness (QED) is 0.275. The molecule has 2 aliphatic rings. The Morgan fingerprint density at radius 3 is 2.72 bits per heavy atom. The minimum atomic E-state index is -3.74. The minimum absolute atomic E-state index is 0.0452. The van der Waals surface area contributed by atoms with Gasteiger partial charge in [-0.15, -0.1) is 10.2 Å². The molecule has 0 aromatic carbocycles. The van der Waals surface area contributed by atoms with E-state index in [4.69, 9.17) is 4.74 Å². The Balaban J connectivity index is 1.76. The Hall–Kier alpha value is -2.85. The van der Waals surface area contributed by atoms with Crippen molar-refractivity contribution in [2.75, 3.05) is 18.6 Å². The van der Waals surface area contributed by atoms with Crippen molar-refractivity contribution in [1.29, 1.82) is 0 Å². The van der Waals surface area contributed by atoms with Crippen LogP contribution in [0.4, 0.5) is 0 Å². The molecule has 2 N–H and O–H groups in total. The molecule has 16 heteroatoms. The van der Waals surface area contributed by atoms with Crippen LogP contribution in [0.1, 0.15) is 5.82 Å². The van der Waals surface area contributed by atoms with E-state index < -0.39 is 38.3 Å². The van der Waals surface area contributed by atoms with Crippen molar-refractivity contribution in [3.05, 3.63) is 32.1 Å². The molecule has 4 heterocycles. The molecule has 1 saturated heterocycles. The Labute approximate surface area is 166 Å². The molecule has 29 heavy (non-hydrogen) atoms. The minimum Gasteiger partial charge on any atom is -0.368 e. The van der Waals surface area contributed by atoms with Crippen molar-refractivity contribution in [2.45, 2.75) is 16.6 Å². The summed E-state index contributed by atoms with van der Waals surface area (Å²) in [6.45, 7) is 0. The SMILES string of the molecule is CO[C@H]1C(=O)N2C(c3nn[nH]n3)=C(CSc3nc(=O)c(=O)[nH]n3C)CS(=O)(=O)[C@H]12. The van der Waals surface area contributed by atoms with Crippen LogP contribution >= 0.6 is 11.8 Å². The van der Waals surface area contributed by atoms with Crippen LogP contribution in [0, 0.1) is 0 Å². The molecule has 2 atom stereocenters. The summed E-state index contributed by atoms with van der Waals surface area (Å²) in [5, 5.41) is 14.8. The highest BCUT2D eigenvalue weighted by atomic mass is 32.2. The standard InChI is InChI=1S/C13H14N8O6S2/c1-20-13(14-9(22)10(23)17-20)28-3-5-4-29(25,26)12-7(27-2)11(24)21(12)6(5)8-15-18-19-16-8/h7,12H,3-4H2,1-2H3,(H,17,23)(H,15,16,18,19)/t7-,12+/m0/s1. The predicted molar refractivity (Wildman–Crippen MR) is 97.1 cm³/mol. The third kappa shape index (κ3) is 3.08. The lowest BCUT2D eigenvalue weighted by molar-refractivity contribution is -0.156. The zero-order valence-electron chi connectivity index (χ0n) is 15.0. The molecule has 0 saturated carbocycles. The van der Waals surface area contributed by atoms with E-state index in [9.17, 15) is 22.8 Å². The molecule has 0 unspecified atom stereocenters. The summed E-state index contributed by atoms with van der Waals surface area (Å²) in [7, 11) is -0.993. The lowest BCUT2D eigenvalue weighted by Crippen LogP contribution is -2.69. The van der Waals surface area contributed by atoms with Gasteiger partial charge in [-0.3, -0.25) is 29.1 Å². The molecule has 0 spiro atoms. The van der Waals surface area contributed by atoms with Crippen molar-refractivity contribution in [3.63, 3.8) is 0 Å². The topological polar surface area (TPSA) is 186 Å². The number of hydrogen-bond acceptors (Lipinski definition) is 11. The zero-order chi connectivity index (χ0) is 20.9. The molecular formula is C13H14N8O6S2. The van der Waals surface area contributed by atoms with E-state index in [1.807, 2.05) is 0 Å². The van der Waals surface area contributed by atoms with Crippen LogP contribution in [0.25, 0.3) is 5.70 Å². The van der Waals surface area contributed by atoms with Gasteiger partial charge in [-0.1, -0.05) is 11.8 Å². The summed E-state index contributed by atoms with van der Waals surface area (Å²) >= 11 is 1.02. The molecule has 4 rings (SSSR count). The second-order valence-electron chi connectivity index (χ2n) is 6.24. The number of carbonyl (C=O) groups excluding carboxylic acids is 1. The lowest BCUT2D eigenvalue weighted by atomic mass is 10.1. The predicted octanol–water partition coefficient (Wildman–Crippen LogP) is -2.90. The van der Waals surface area contributed by atoms with Gasteiger partial charge < -0.3 is 4.74 Å². The van der Waals surface area contributed by atoms with Gasteiger partial charge in [0.2, 0.25) is 5.82 Å². The second-order valence-corrected chi connectivity index (χ2v) is 9.28. The molecule has 1 fully saturated rings. The number of tetrazole rings is 1. The molecule has 0 bridgehead atoms. The number of thioether (sulfide) groups is 1. The monoisotopic (exact) mass is 442 g/mol. The molecule has 1 amide bonds. The smallest absolute Gasteiger partial charge is 0.339 e. The summed E-state index contributed by atoms with van der Waals surface area (Å²) in [5.41, 5.74) is -1.28. The van der Waals surface area contributed by atoms with Crippen molar-refractivity contribution in [1.82, 2.24) is 40.3 Å². The maximum atomic E-state index is 12.8. The Morgan fingerprint density at radius 2 is 2.07 bits per heavy atom. The van der Waals surface area contributed by atoms with Crippen LogP contribution in [-0.2, 0) is 26.4 Å². The lowest BCUT2D eigenvalue weighted by Gasteiger charge is -2.48. The summed E-state index contributed by atoms with van der Waals surface area (Å²) < 4.78 is 31.8. The average Bonchev–Trinajstić information content (AvgIpc) is 3.18. The van der Waals surface area contributed by atoms with E-state index in [1.165, 1.54) is 18.8 Å². The number of carbonyl (C=O) groups is 1. The fourth-order valence-electron chi connectivity index (χ4n) is 3.19. The van der Waals surface area contributed by atoms with Gasteiger partial charge in [-0.05, 0) is 10.8 Å². The number of fused-ring (bicyclic) bond motifs is 1. The van der Waals surface area contributed by atoms with Gasteiger partial charge in [0.15, 0.2) is 26.5 Å². The Morgan fingerprint density at radius 1 is 1.31 bits per heavy atom. The van der Waals surface area contributed by atoms with E-state index in [0.717, 1.165) is 16.7 Å². The number of aromatic nitrogens is 7. The fraction of sp³-hybridized carbons (Fsp3) is 0.462. The first kappa shape index (κ1) is 19.5. The molecule has 154 valence electrons. The number of hydrogen-bond donors (Lipinski definition) is 2. The molecule has 0 radical (unpaired) electrons. The Bertz CT molecular complexity index is 1230. The number of nitrogens with zero attached hydrogens (tertiary/aromatic N) is 6. The van der Waals surface area contributed by atoms with Crippen molar-refractivity contribution >= 4 is 33.2 Å². The van der Waals surface area contributed by atoms with Crippen LogP contribution < -0.4 is 11.1 Å². The normalized spacial score (nSPS) is 23.1. The third-order valence-corrected chi connectivity index (χ3v) is 7.51. The maximum Gasteiger partial charge on any atom is 0.339 e. The number of ether oxygens (including phenoxy) is 1. The summed E-state index contributed by atoms with van der Waals surface area (Å²) in [5.74, 6) is -0.789. The summed E-state index contributed by atoms with van der Waals surface area (Å²) in [4.78, 5) is 40.1. The van der Waals surface area contributed by atoms with Crippen LogP contribution in [0.3, 0.4) is 0 Å². The van der Waals surface area contributed by atoms with Gasteiger partial charge in [0.05, 0.1) is 11.4 Å². The molecule has 2 aromatic heterocycles. The van der Waals surface area contributed by atoms with Gasteiger partial charge in [0, 0.05) is 19.9 Å². The first-order valence-corrected chi connectivity index (χ1v) is 10.8. The molecule has 2 aromatic rings. The average molecular weight is 442 g/mol. The van der Waals surface area contributed by atoms with E-state index in [2.05, 4.69) is 30.7 Å². The number of sulfone groups is 1. The number of aryl methyl sites for hydroxylation is 1. The number of β-lactam (4-membered cyclic amide) rings is 1. The van der Waals surface area contributed by atoms with Gasteiger partial charge in [-0.25, -0.2) is 8.42 Å². The van der Waals surface area contributed by atoms with Crippen LogP contribution in [-0.4, -0.2) is 84.7 Å². The highest BCUT2D eigenvalue weighted by Gasteiger charge is 2.59. The van der Waals surface area contributed by atoms with Gasteiger partial charge in [0.1, 0.15) is 0 Å². The third-order valence-electron chi connectivity index (χ3n) is 4.45. The van der Waals surface area contributed by atoms with Crippen molar-refractivity contribution in [2.24, 2.45) is 7.05 Å². The van der Waals surface area contributed by atoms with Crippen molar-refractivity contribution in [3.8, 4) is 0 Å². The van der Waals surface area contributed by atoms with E-state index in [1.54, 1.807) is 0 Å². The first-order chi connectivity index (χ1) is 13.7. The van der Waals surface area contributed by atoms with Crippen LogP contribution in [0.2, 0.25) is 0 Å². The fourth-order valence-corrected chi connectivity index (χ4v) is 6.28. The highest BCUT2D eigenvalue weighted by molar-refractivity contribution is 7.99. The van der Waals surface area contributed by atoms with E-state index in [0.29, 0.717) is 5.57 Å². The number of methoxy groups -OCH3 is 1. The number of nitrogens with one attached hydrogen (secondary N) is 2. The van der Waals surface area contributed by atoms with Gasteiger partial charge in [-0.2, -0.15) is 10.2 Å².